The minimum absolute atomic E-state index is 0.250. The molecule has 7 heteroatoms. The van der Waals surface area contributed by atoms with E-state index in [1.165, 1.54) is 0 Å². The number of aliphatic carboxylic acids is 1. The second kappa shape index (κ2) is 8.50. The van der Waals surface area contributed by atoms with Gasteiger partial charge in [0.2, 0.25) is 0 Å². The Balaban J connectivity index is 2.15. The van der Waals surface area contributed by atoms with E-state index in [1.807, 2.05) is 41.3 Å². The van der Waals surface area contributed by atoms with Gasteiger partial charge in [0.05, 0.1) is 20.3 Å². The van der Waals surface area contributed by atoms with E-state index in [-0.39, 0.29) is 6.04 Å². The van der Waals surface area contributed by atoms with Gasteiger partial charge in [-0.1, -0.05) is 39.7 Å². The SMILES string of the molecule is COc1cc(Br)c(C(c2ccc(Cl)cc2)N2CCCC2C(=O)O)cc1OC. The predicted octanol–water partition coefficient (Wildman–Crippen LogP) is 4.76. The fraction of sp³-hybridized carbons (Fsp3) is 0.350. The van der Waals surface area contributed by atoms with E-state index < -0.39 is 12.0 Å². The van der Waals surface area contributed by atoms with Gasteiger partial charge in [0.1, 0.15) is 6.04 Å². The fourth-order valence-electron chi connectivity index (χ4n) is 3.64. The van der Waals surface area contributed by atoms with Crippen molar-refractivity contribution in [2.24, 2.45) is 0 Å². The maximum Gasteiger partial charge on any atom is 0.320 e. The van der Waals surface area contributed by atoms with Gasteiger partial charge < -0.3 is 14.6 Å². The summed E-state index contributed by atoms with van der Waals surface area (Å²) in [6.07, 6.45) is 1.47. The lowest BCUT2D eigenvalue weighted by atomic mass is 9.95. The van der Waals surface area contributed by atoms with Gasteiger partial charge in [-0.05, 0) is 48.2 Å². The number of benzene rings is 2. The lowest BCUT2D eigenvalue weighted by Gasteiger charge is -2.33. The number of carbonyl (C=O) groups is 1. The zero-order valence-corrected chi connectivity index (χ0v) is 17.5. The molecule has 0 amide bonds. The van der Waals surface area contributed by atoms with Crippen LogP contribution in [0.4, 0.5) is 0 Å². The van der Waals surface area contributed by atoms with Crippen molar-refractivity contribution in [3.05, 3.63) is 57.0 Å². The topological polar surface area (TPSA) is 59.0 Å². The molecule has 0 radical (unpaired) electrons. The highest BCUT2D eigenvalue weighted by molar-refractivity contribution is 9.10. The lowest BCUT2D eigenvalue weighted by Crippen LogP contribution is -2.39. The molecule has 144 valence electrons. The molecule has 0 bridgehead atoms. The molecule has 1 N–H and O–H groups in total. The number of hydrogen-bond donors (Lipinski definition) is 1. The molecular weight excluding hydrogens is 434 g/mol. The van der Waals surface area contributed by atoms with Crippen molar-refractivity contribution in [3.63, 3.8) is 0 Å². The Morgan fingerprint density at radius 1 is 1.22 bits per heavy atom. The molecule has 1 fully saturated rings. The first-order valence-corrected chi connectivity index (χ1v) is 9.78. The van der Waals surface area contributed by atoms with Gasteiger partial charge in [-0.3, -0.25) is 9.69 Å². The smallest absolute Gasteiger partial charge is 0.320 e. The first kappa shape index (κ1) is 20.0. The molecule has 1 saturated heterocycles. The van der Waals surface area contributed by atoms with E-state index in [9.17, 15) is 9.90 Å². The number of halogens is 2. The summed E-state index contributed by atoms with van der Waals surface area (Å²) in [7, 11) is 3.17. The minimum atomic E-state index is -0.803. The van der Waals surface area contributed by atoms with Crippen molar-refractivity contribution in [3.8, 4) is 11.5 Å². The molecule has 5 nitrogen and oxygen atoms in total. The zero-order valence-electron chi connectivity index (χ0n) is 15.1. The normalized spacial score (nSPS) is 18.3. The van der Waals surface area contributed by atoms with Gasteiger partial charge in [0.15, 0.2) is 11.5 Å². The Morgan fingerprint density at radius 2 is 1.85 bits per heavy atom. The summed E-state index contributed by atoms with van der Waals surface area (Å²) in [6.45, 7) is 0.699. The highest BCUT2D eigenvalue weighted by Gasteiger charge is 2.37. The molecule has 0 aliphatic carbocycles. The summed E-state index contributed by atoms with van der Waals surface area (Å²) in [5, 5.41) is 10.3. The molecule has 2 aromatic rings. The van der Waals surface area contributed by atoms with Crippen LogP contribution in [0, 0.1) is 0 Å². The molecule has 0 spiro atoms. The number of nitrogens with zero attached hydrogens (tertiary/aromatic N) is 1. The Labute approximate surface area is 172 Å². The number of carboxylic acids is 1. The average Bonchev–Trinajstić information content (AvgIpc) is 3.14. The van der Waals surface area contributed by atoms with Crippen LogP contribution in [0.15, 0.2) is 40.9 Å². The van der Waals surface area contributed by atoms with Crippen LogP contribution in [0.1, 0.15) is 30.0 Å². The maximum atomic E-state index is 11.8. The summed E-state index contributed by atoms with van der Waals surface area (Å²) in [5.41, 5.74) is 1.89. The van der Waals surface area contributed by atoms with Crippen molar-refractivity contribution in [1.29, 1.82) is 0 Å². The lowest BCUT2D eigenvalue weighted by molar-refractivity contribution is -0.142. The second-order valence-electron chi connectivity index (χ2n) is 6.42. The fourth-order valence-corrected chi connectivity index (χ4v) is 4.30. The number of carboxylic acid groups (broad SMARTS) is 1. The van der Waals surface area contributed by atoms with Crippen LogP contribution < -0.4 is 9.47 Å². The molecule has 3 rings (SSSR count). The Kier molecular flexibility index (Phi) is 6.29. The number of ether oxygens (including phenoxy) is 2. The highest BCUT2D eigenvalue weighted by Crippen LogP contribution is 2.42. The van der Waals surface area contributed by atoms with E-state index in [0.29, 0.717) is 29.5 Å². The molecule has 27 heavy (non-hydrogen) atoms. The minimum Gasteiger partial charge on any atom is -0.493 e. The van der Waals surface area contributed by atoms with Crippen LogP contribution in [0.3, 0.4) is 0 Å². The molecule has 0 saturated carbocycles. The van der Waals surface area contributed by atoms with E-state index >= 15 is 0 Å². The van der Waals surface area contributed by atoms with Crippen molar-refractivity contribution < 1.29 is 19.4 Å². The van der Waals surface area contributed by atoms with Crippen LogP contribution in [-0.2, 0) is 4.79 Å². The number of hydrogen-bond acceptors (Lipinski definition) is 4. The van der Waals surface area contributed by atoms with Crippen LogP contribution >= 0.6 is 27.5 Å². The van der Waals surface area contributed by atoms with Crippen LogP contribution in [0.25, 0.3) is 0 Å². The van der Waals surface area contributed by atoms with Gasteiger partial charge in [0.25, 0.3) is 0 Å². The van der Waals surface area contributed by atoms with E-state index in [1.54, 1.807) is 14.2 Å². The third kappa shape index (κ3) is 4.08. The standard InChI is InChI=1S/C20H21BrClNO4/c1-26-17-10-14(15(21)11-18(17)27-2)19(12-5-7-13(22)8-6-12)23-9-3-4-16(23)20(24)25/h5-8,10-11,16,19H,3-4,9H2,1-2H3,(H,24,25). The molecule has 2 atom stereocenters. The quantitative estimate of drug-likeness (QED) is 0.682. The second-order valence-corrected chi connectivity index (χ2v) is 7.71. The van der Waals surface area contributed by atoms with Crippen molar-refractivity contribution in [1.82, 2.24) is 4.90 Å². The first-order chi connectivity index (χ1) is 13.0. The first-order valence-electron chi connectivity index (χ1n) is 8.61. The molecule has 2 unspecified atom stereocenters. The molecule has 0 aromatic heterocycles. The van der Waals surface area contributed by atoms with Gasteiger partial charge in [-0.25, -0.2) is 0 Å². The summed E-state index contributed by atoms with van der Waals surface area (Å²) < 4.78 is 11.7. The van der Waals surface area contributed by atoms with Crippen LogP contribution in [0.5, 0.6) is 11.5 Å². The highest BCUT2D eigenvalue weighted by atomic mass is 79.9. The van der Waals surface area contributed by atoms with Crippen LogP contribution in [0.2, 0.25) is 5.02 Å². The molecule has 1 aliphatic rings. The number of methoxy groups -OCH3 is 2. The van der Waals surface area contributed by atoms with E-state index in [2.05, 4.69) is 15.9 Å². The maximum absolute atomic E-state index is 11.8. The zero-order chi connectivity index (χ0) is 19.6. The van der Waals surface area contributed by atoms with Crippen LogP contribution in [-0.4, -0.2) is 42.8 Å². The van der Waals surface area contributed by atoms with Crippen molar-refractivity contribution >= 4 is 33.5 Å². The molecule has 1 heterocycles. The largest absolute Gasteiger partial charge is 0.493 e. The molecule has 2 aromatic carbocycles. The summed E-state index contributed by atoms with van der Waals surface area (Å²) in [5.74, 6) is 0.406. The molecular formula is C20H21BrClNO4. The third-order valence-electron chi connectivity index (χ3n) is 4.89. The van der Waals surface area contributed by atoms with Gasteiger partial charge >= 0.3 is 5.97 Å². The monoisotopic (exact) mass is 453 g/mol. The summed E-state index contributed by atoms with van der Waals surface area (Å²) in [4.78, 5) is 13.8. The Hall–Kier alpha value is -1.76. The van der Waals surface area contributed by atoms with Crippen molar-refractivity contribution in [2.75, 3.05) is 20.8 Å². The summed E-state index contributed by atoms with van der Waals surface area (Å²) >= 11 is 9.70. The average molecular weight is 455 g/mol. The van der Waals surface area contributed by atoms with E-state index in [0.717, 1.165) is 22.0 Å². The van der Waals surface area contributed by atoms with Gasteiger partial charge in [-0.2, -0.15) is 0 Å². The predicted molar refractivity (Wildman–Crippen MR) is 108 cm³/mol. The van der Waals surface area contributed by atoms with E-state index in [4.69, 9.17) is 21.1 Å². The Morgan fingerprint density at radius 3 is 2.44 bits per heavy atom. The summed E-state index contributed by atoms with van der Waals surface area (Å²) in [6, 6.07) is 10.5. The van der Waals surface area contributed by atoms with Gasteiger partial charge in [-0.15, -0.1) is 0 Å². The number of likely N-dealkylation sites (tertiary alicyclic amines) is 1. The molecule has 1 aliphatic heterocycles. The van der Waals surface area contributed by atoms with Crippen molar-refractivity contribution in [2.45, 2.75) is 24.9 Å². The third-order valence-corrected chi connectivity index (χ3v) is 5.83. The number of rotatable bonds is 6. The Bertz CT molecular complexity index is 827. The van der Waals surface area contributed by atoms with Gasteiger partial charge in [0, 0.05) is 16.0 Å².